The van der Waals surface area contributed by atoms with E-state index in [0.29, 0.717) is 5.82 Å². The number of alkyl halides is 3. The first-order valence-electron chi connectivity index (χ1n) is 4.95. The summed E-state index contributed by atoms with van der Waals surface area (Å²) in [5.74, 6) is -1.04. The minimum atomic E-state index is -4.86. The third kappa shape index (κ3) is 3.24. The highest BCUT2D eigenvalue weighted by atomic mass is 19.4. The quantitative estimate of drug-likeness (QED) is 0.884. The molecule has 0 aliphatic carbocycles. The summed E-state index contributed by atoms with van der Waals surface area (Å²) in [7, 11) is 1.32. The van der Waals surface area contributed by atoms with Crippen molar-refractivity contribution in [3.05, 3.63) is 24.0 Å². The Kier molecular flexibility index (Phi) is 3.15. The van der Waals surface area contributed by atoms with Gasteiger partial charge in [0.05, 0.1) is 6.20 Å². The number of ether oxygens (including phenoxy) is 1. The number of H-pyrrole nitrogens is 1. The number of nitrogens with zero attached hydrogens (tertiary/aromatic N) is 3. The summed E-state index contributed by atoms with van der Waals surface area (Å²) < 4.78 is 40.6. The van der Waals surface area contributed by atoms with Crippen molar-refractivity contribution in [2.24, 2.45) is 7.05 Å². The molecule has 0 unspecified atom stereocenters. The fourth-order valence-corrected chi connectivity index (χ4v) is 1.33. The van der Waals surface area contributed by atoms with Gasteiger partial charge in [-0.2, -0.15) is 5.10 Å². The average molecular weight is 275 g/mol. The Labute approximate surface area is 104 Å². The van der Waals surface area contributed by atoms with Crippen molar-refractivity contribution in [1.82, 2.24) is 20.0 Å². The van der Waals surface area contributed by atoms with E-state index in [2.05, 4.69) is 25.3 Å². The summed E-state index contributed by atoms with van der Waals surface area (Å²) in [6.07, 6.45) is -3.44. The maximum Gasteiger partial charge on any atom is 0.574 e. The van der Waals surface area contributed by atoms with E-state index < -0.39 is 18.1 Å². The number of aryl methyl sites for hydroxylation is 1. The van der Waals surface area contributed by atoms with Crippen LogP contribution in [0.2, 0.25) is 0 Å². The number of aromatic nitrogens is 4. The first-order chi connectivity index (χ1) is 8.85. The summed E-state index contributed by atoms with van der Waals surface area (Å²) >= 11 is 0. The van der Waals surface area contributed by atoms with E-state index in [1.165, 1.54) is 19.3 Å². The third-order valence-corrected chi connectivity index (χ3v) is 2.06. The van der Waals surface area contributed by atoms with Crippen molar-refractivity contribution >= 4 is 11.7 Å². The van der Waals surface area contributed by atoms with E-state index in [-0.39, 0.29) is 5.69 Å². The summed E-state index contributed by atoms with van der Waals surface area (Å²) in [6, 6.07) is 2.38. The van der Waals surface area contributed by atoms with Gasteiger partial charge in [-0.3, -0.25) is 14.6 Å². The fraction of sp³-hybridized carbons (Fsp3) is 0.222. The van der Waals surface area contributed by atoms with Crippen LogP contribution in [0, 0.1) is 0 Å². The highest BCUT2D eigenvalue weighted by molar-refractivity contribution is 6.02. The Balaban J connectivity index is 2.14. The standard InChI is InChI=1S/C9H8F3N5O2/c1-17-5(4-7(16-17)19-9(10,11)12)8(18)14-6-2-3-13-15-6/h2-4H,1H3,(H2,13,14,15,18). The van der Waals surface area contributed by atoms with Gasteiger partial charge in [-0.1, -0.05) is 0 Å². The summed E-state index contributed by atoms with van der Waals surface area (Å²) in [6.45, 7) is 0. The molecule has 102 valence electrons. The van der Waals surface area contributed by atoms with Crippen molar-refractivity contribution in [3.63, 3.8) is 0 Å². The van der Waals surface area contributed by atoms with Crippen LogP contribution >= 0.6 is 0 Å². The van der Waals surface area contributed by atoms with Gasteiger partial charge in [-0.05, 0) is 0 Å². The van der Waals surface area contributed by atoms with Gasteiger partial charge in [0.25, 0.3) is 5.91 Å². The molecule has 2 aromatic rings. The molecule has 2 heterocycles. The first kappa shape index (κ1) is 12.9. The summed E-state index contributed by atoms with van der Waals surface area (Å²) in [4.78, 5) is 11.8. The van der Waals surface area contributed by atoms with Gasteiger partial charge in [-0.25, -0.2) is 0 Å². The zero-order valence-electron chi connectivity index (χ0n) is 9.52. The van der Waals surface area contributed by atoms with Crippen LogP contribution in [0.3, 0.4) is 0 Å². The Morgan fingerprint density at radius 1 is 1.53 bits per heavy atom. The van der Waals surface area contributed by atoms with Crippen molar-refractivity contribution in [2.75, 3.05) is 5.32 Å². The molecule has 2 N–H and O–H groups in total. The predicted molar refractivity (Wildman–Crippen MR) is 56.4 cm³/mol. The Bertz CT molecular complexity index is 575. The number of hydrogen-bond acceptors (Lipinski definition) is 4. The summed E-state index contributed by atoms with van der Waals surface area (Å²) in [5.41, 5.74) is -0.0890. The van der Waals surface area contributed by atoms with Gasteiger partial charge >= 0.3 is 6.36 Å². The molecule has 0 aliphatic rings. The second kappa shape index (κ2) is 4.63. The van der Waals surface area contributed by atoms with Crippen LogP contribution in [0.5, 0.6) is 5.88 Å². The van der Waals surface area contributed by atoms with Crippen molar-refractivity contribution < 1.29 is 22.7 Å². The molecule has 0 saturated heterocycles. The van der Waals surface area contributed by atoms with E-state index in [0.717, 1.165) is 10.7 Å². The van der Waals surface area contributed by atoms with E-state index in [1.807, 2.05) is 0 Å². The van der Waals surface area contributed by atoms with Crippen LogP contribution in [0.1, 0.15) is 10.5 Å². The van der Waals surface area contributed by atoms with Crippen LogP contribution in [0.25, 0.3) is 0 Å². The first-order valence-corrected chi connectivity index (χ1v) is 4.95. The monoisotopic (exact) mass is 275 g/mol. The molecule has 0 spiro atoms. The molecule has 10 heteroatoms. The number of nitrogens with one attached hydrogen (secondary N) is 2. The van der Waals surface area contributed by atoms with Gasteiger partial charge in [0.1, 0.15) is 11.5 Å². The van der Waals surface area contributed by atoms with Crippen LogP contribution < -0.4 is 10.1 Å². The number of amides is 1. The van der Waals surface area contributed by atoms with Crippen LogP contribution in [0.15, 0.2) is 18.3 Å². The second-order valence-corrected chi connectivity index (χ2v) is 3.46. The molecule has 0 aliphatic heterocycles. The number of aromatic amines is 1. The normalized spacial score (nSPS) is 11.4. The largest absolute Gasteiger partial charge is 0.574 e. The lowest BCUT2D eigenvalue weighted by Gasteiger charge is -2.03. The maximum absolute atomic E-state index is 12.0. The average Bonchev–Trinajstić information content (AvgIpc) is 2.85. The van der Waals surface area contributed by atoms with E-state index in [4.69, 9.17) is 0 Å². The molecular weight excluding hydrogens is 267 g/mol. The second-order valence-electron chi connectivity index (χ2n) is 3.46. The lowest BCUT2D eigenvalue weighted by atomic mass is 10.4. The van der Waals surface area contributed by atoms with E-state index in [9.17, 15) is 18.0 Å². The van der Waals surface area contributed by atoms with Crippen LogP contribution in [-0.4, -0.2) is 32.2 Å². The minimum absolute atomic E-state index is 0.0890. The molecule has 19 heavy (non-hydrogen) atoms. The summed E-state index contributed by atoms with van der Waals surface area (Å²) in [5, 5.41) is 11.9. The molecule has 0 saturated carbocycles. The predicted octanol–water partition coefficient (Wildman–Crippen LogP) is 1.29. The molecule has 0 aromatic carbocycles. The molecule has 0 radical (unpaired) electrons. The van der Waals surface area contributed by atoms with Crippen molar-refractivity contribution in [1.29, 1.82) is 0 Å². The number of halogens is 3. The smallest absolute Gasteiger partial charge is 0.386 e. The van der Waals surface area contributed by atoms with E-state index in [1.54, 1.807) is 0 Å². The zero-order valence-corrected chi connectivity index (χ0v) is 9.52. The molecular formula is C9H8F3N5O2. The topological polar surface area (TPSA) is 84.8 Å². The SMILES string of the molecule is Cn1nc(OC(F)(F)F)cc1C(=O)Nc1ccn[nH]1. The molecule has 7 nitrogen and oxygen atoms in total. The Morgan fingerprint density at radius 2 is 2.26 bits per heavy atom. The number of rotatable bonds is 3. The Hall–Kier alpha value is -2.52. The van der Waals surface area contributed by atoms with Gasteiger partial charge in [-0.15, -0.1) is 18.3 Å². The van der Waals surface area contributed by atoms with E-state index >= 15 is 0 Å². The number of carbonyl (C=O) groups is 1. The third-order valence-electron chi connectivity index (χ3n) is 2.06. The number of anilines is 1. The molecule has 0 bridgehead atoms. The van der Waals surface area contributed by atoms with Gasteiger partial charge in [0.2, 0.25) is 5.88 Å². The molecule has 1 amide bonds. The molecule has 2 rings (SSSR count). The number of carbonyl (C=O) groups excluding carboxylic acids is 1. The molecule has 2 aromatic heterocycles. The maximum atomic E-state index is 12.0. The fourth-order valence-electron chi connectivity index (χ4n) is 1.33. The Morgan fingerprint density at radius 3 is 2.84 bits per heavy atom. The lowest BCUT2D eigenvalue weighted by Crippen LogP contribution is -2.17. The van der Waals surface area contributed by atoms with Gasteiger partial charge in [0.15, 0.2) is 0 Å². The van der Waals surface area contributed by atoms with Crippen LogP contribution in [0.4, 0.5) is 19.0 Å². The van der Waals surface area contributed by atoms with Crippen LogP contribution in [-0.2, 0) is 7.05 Å². The van der Waals surface area contributed by atoms with Crippen molar-refractivity contribution in [2.45, 2.75) is 6.36 Å². The number of hydrogen-bond donors (Lipinski definition) is 2. The lowest BCUT2D eigenvalue weighted by molar-refractivity contribution is -0.276. The van der Waals surface area contributed by atoms with Crippen molar-refractivity contribution in [3.8, 4) is 5.88 Å². The molecule has 0 fully saturated rings. The van der Waals surface area contributed by atoms with Gasteiger partial charge < -0.3 is 10.1 Å². The highest BCUT2D eigenvalue weighted by Crippen LogP contribution is 2.22. The molecule has 0 atom stereocenters. The minimum Gasteiger partial charge on any atom is -0.386 e. The highest BCUT2D eigenvalue weighted by Gasteiger charge is 2.33. The zero-order chi connectivity index (χ0) is 14.0. The van der Waals surface area contributed by atoms with Gasteiger partial charge in [0, 0.05) is 19.2 Å².